The molecule has 0 atom stereocenters. The van der Waals surface area contributed by atoms with Gasteiger partial charge in [0.15, 0.2) is 0 Å². The molecule has 0 amide bonds. The summed E-state index contributed by atoms with van der Waals surface area (Å²) in [6.45, 7) is 2.07. The fourth-order valence-electron chi connectivity index (χ4n) is 2.69. The standard InChI is InChI=1S/C17H18F17NO4S2/c1-9(2,7-41(37,38)39)35-8(36)3-5-40-6-4-10(18,19)11(20,21)12(22,23)13(24,25)14(26,27)15(28,29)16(30,31)17(32,33)34/h3-7H2,1-2H3,(H,35,36)(H,37,38,39)/p-1. The number of aliphatic imine (C=N–C) groups is 1. The zero-order valence-corrected chi connectivity index (χ0v) is 21.5. The van der Waals surface area contributed by atoms with E-state index in [-0.39, 0.29) is 11.8 Å². The predicted octanol–water partition coefficient (Wildman–Crippen LogP) is 5.93. The maximum atomic E-state index is 13.8. The molecule has 0 spiro atoms. The minimum absolute atomic E-state index is 0.0112. The lowest BCUT2D eigenvalue weighted by Crippen LogP contribution is -2.74. The minimum Gasteiger partial charge on any atom is -0.862 e. The molecule has 0 saturated carbocycles. The molecule has 0 bridgehead atoms. The van der Waals surface area contributed by atoms with Gasteiger partial charge in [-0.25, -0.2) is 0 Å². The fourth-order valence-corrected chi connectivity index (χ4v) is 4.57. The van der Waals surface area contributed by atoms with Gasteiger partial charge >= 0.3 is 47.6 Å². The molecule has 41 heavy (non-hydrogen) atoms. The van der Waals surface area contributed by atoms with Crippen LogP contribution in [0, 0.1) is 0 Å². The van der Waals surface area contributed by atoms with E-state index >= 15 is 0 Å². The molecule has 0 saturated heterocycles. The average molecular weight is 686 g/mol. The fraction of sp³-hybridized carbons (Fsp3) is 0.941. The van der Waals surface area contributed by atoms with Crippen molar-refractivity contribution in [3.05, 3.63) is 0 Å². The topological polar surface area (TPSA) is 89.8 Å². The van der Waals surface area contributed by atoms with Gasteiger partial charge in [0, 0.05) is 6.42 Å². The Labute approximate surface area is 223 Å². The summed E-state index contributed by atoms with van der Waals surface area (Å²) in [5, 5.41) is 11.7. The van der Waals surface area contributed by atoms with Crippen LogP contribution in [-0.4, -0.2) is 89.3 Å². The smallest absolute Gasteiger partial charge is 0.460 e. The van der Waals surface area contributed by atoms with Crippen molar-refractivity contribution in [3.63, 3.8) is 0 Å². The molecule has 0 aliphatic carbocycles. The summed E-state index contributed by atoms with van der Waals surface area (Å²) in [7, 11) is -4.64. The Morgan fingerprint density at radius 1 is 0.683 bits per heavy atom. The molecule has 24 heteroatoms. The van der Waals surface area contributed by atoms with E-state index in [9.17, 15) is 88.2 Å². The van der Waals surface area contributed by atoms with Gasteiger partial charge in [0.25, 0.3) is 10.1 Å². The molecular formula is C17H17F17NO4S2-. The molecule has 1 N–H and O–H groups in total. The van der Waals surface area contributed by atoms with Crippen molar-refractivity contribution >= 4 is 27.8 Å². The Kier molecular flexibility index (Phi) is 11.1. The summed E-state index contributed by atoms with van der Waals surface area (Å²) in [6.07, 6.45) is -11.3. The van der Waals surface area contributed by atoms with Gasteiger partial charge in [-0.3, -0.25) is 9.55 Å². The van der Waals surface area contributed by atoms with Crippen molar-refractivity contribution in [2.24, 2.45) is 4.99 Å². The second-order valence-electron chi connectivity index (χ2n) is 8.81. The molecule has 246 valence electrons. The van der Waals surface area contributed by atoms with E-state index in [4.69, 9.17) is 4.55 Å². The van der Waals surface area contributed by atoms with Crippen molar-refractivity contribution in [1.29, 1.82) is 0 Å². The maximum absolute atomic E-state index is 13.8. The van der Waals surface area contributed by atoms with Crippen LogP contribution >= 0.6 is 11.8 Å². The Morgan fingerprint density at radius 3 is 1.41 bits per heavy atom. The van der Waals surface area contributed by atoms with Gasteiger partial charge in [0.1, 0.15) is 0 Å². The number of nitrogens with zero attached hydrogens (tertiary/aromatic N) is 1. The van der Waals surface area contributed by atoms with Crippen LogP contribution in [0.15, 0.2) is 4.99 Å². The van der Waals surface area contributed by atoms with E-state index in [1.165, 1.54) is 0 Å². The summed E-state index contributed by atoms with van der Waals surface area (Å²) in [6, 6.07) is 0. The number of thioether (sulfide) groups is 1. The van der Waals surface area contributed by atoms with Crippen molar-refractivity contribution in [1.82, 2.24) is 0 Å². The zero-order valence-electron chi connectivity index (χ0n) is 19.9. The van der Waals surface area contributed by atoms with Gasteiger partial charge in [-0.1, -0.05) is 0 Å². The number of hydrogen-bond acceptors (Lipinski definition) is 5. The Morgan fingerprint density at radius 2 is 1.05 bits per heavy atom. The summed E-state index contributed by atoms with van der Waals surface area (Å²) < 4.78 is 255. The number of hydrogen-bond donors (Lipinski definition) is 1. The lowest BCUT2D eigenvalue weighted by molar-refractivity contribution is -0.461. The molecule has 0 aromatic heterocycles. The highest BCUT2D eigenvalue weighted by Gasteiger charge is 2.95. The van der Waals surface area contributed by atoms with Crippen molar-refractivity contribution in [2.75, 3.05) is 17.3 Å². The molecule has 0 fully saturated rings. The first-order chi connectivity index (χ1) is 17.6. The highest BCUT2D eigenvalue weighted by atomic mass is 32.2. The van der Waals surface area contributed by atoms with E-state index < -0.39 is 99.3 Å². The zero-order chi connectivity index (χ0) is 33.5. The molecule has 0 aromatic carbocycles. The highest BCUT2D eigenvalue weighted by molar-refractivity contribution is 7.99. The van der Waals surface area contributed by atoms with E-state index in [0.29, 0.717) is 0 Å². The van der Waals surface area contributed by atoms with Crippen LogP contribution in [0.3, 0.4) is 0 Å². The molecule has 0 heterocycles. The highest BCUT2D eigenvalue weighted by Crippen LogP contribution is 2.64. The SMILES string of the molecule is CC(C)(CS(=O)(=O)O)N=C([O-])CCSCCC(F)(F)C(F)(F)C(F)(F)C(F)(F)C(F)(F)C(F)(F)C(F)(F)C(F)(F)F. The van der Waals surface area contributed by atoms with Crippen molar-refractivity contribution in [3.8, 4) is 0 Å². The Balaban J connectivity index is 5.81. The molecule has 0 aliphatic rings. The largest absolute Gasteiger partial charge is 0.862 e. The van der Waals surface area contributed by atoms with Crippen LogP contribution in [0.5, 0.6) is 0 Å². The molecule has 0 radical (unpaired) electrons. The summed E-state index contributed by atoms with van der Waals surface area (Å²) in [5.74, 6) is -61.2. The third kappa shape index (κ3) is 7.74. The summed E-state index contributed by atoms with van der Waals surface area (Å²) in [4.78, 5) is 3.32. The Bertz CT molecular complexity index is 1060. The van der Waals surface area contributed by atoms with Gasteiger partial charge in [-0.15, -0.1) is 0 Å². The lowest BCUT2D eigenvalue weighted by atomic mass is 9.88. The van der Waals surface area contributed by atoms with Gasteiger partial charge in [0.2, 0.25) is 0 Å². The van der Waals surface area contributed by atoms with Crippen LogP contribution in [-0.2, 0) is 10.1 Å². The predicted molar refractivity (Wildman–Crippen MR) is 105 cm³/mol. The van der Waals surface area contributed by atoms with E-state index in [1.807, 2.05) is 0 Å². The first kappa shape index (κ1) is 39.5. The summed E-state index contributed by atoms with van der Waals surface area (Å²) >= 11 is 0.0112. The first-order valence-electron chi connectivity index (χ1n) is 10.1. The first-order valence-corrected chi connectivity index (χ1v) is 12.8. The molecule has 5 nitrogen and oxygen atoms in total. The second kappa shape index (κ2) is 11.6. The van der Waals surface area contributed by atoms with Gasteiger partial charge in [-0.2, -0.15) is 94.8 Å². The third-order valence-corrected chi connectivity index (χ3v) is 6.83. The molecule has 0 unspecified atom stereocenters. The monoisotopic (exact) mass is 686 g/mol. The number of alkyl halides is 17. The van der Waals surface area contributed by atoms with E-state index in [1.54, 1.807) is 0 Å². The van der Waals surface area contributed by atoms with Gasteiger partial charge < -0.3 is 5.11 Å². The molecule has 0 rings (SSSR count). The summed E-state index contributed by atoms with van der Waals surface area (Å²) in [5.41, 5.74) is -1.73. The average Bonchev–Trinajstić information content (AvgIpc) is 2.69. The van der Waals surface area contributed by atoms with Gasteiger partial charge in [-0.05, 0) is 37.7 Å². The quantitative estimate of drug-likeness (QED) is 0.0759. The van der Waals surface area contributed by atoms with Crippen LogP contribution in [0.1, 0.15) is 26.7 Å². The molecular weight excluding hydrogens is 669 g/mol. The van der Waals surface area contributed by atoms with Crippen LogP contribution < -0.4 is 5.11 Å². The van der Waals surface area contributed by atoms with E-state index in [0.717, 1.165) is 13.8 Å². The van der Waals surface area contributed by atoms with Crippen molar-refractivity contribution < 1.29 is 92.7 Å². The van der Waals surface area contributed by atoms with Crippen LogP contribution in [0.25, 0.3) is 0 Å². The number of halogens is 17. The third-order valence-electron chi connectivity index (χ3n) is 4.77. The van der Waals surface area contributed by atoms with Crippen LogP contribution in [0.2, 0.25) is 0 Å². The molecule has 0 aliphatic heterocycles. The number of rotatable bonds is 15. The van der Waals surface area contributed by atoms with Crippen molar-refractivity contribution in [2.45, 2.75) is 79.9 Å². The minimum atomic E-state index is -8.69. The maximum Gasteiger partial charge on any atom is 0.460 e. The Hall–Kier alpha value is -1.46. The molecule has 0 aromatic rings. The normalized spacial score (nSPS) is 16.3. The van der Waals surface area contributed by atoms with Gasteiger partial charge in [0.05, 0.1) is 11.3 Å². The van der Waals surface area contributed by atoms with Crippen LogP contribution in [0.4, 0.5) is 74.6 Å². The lowest BCUT2D eigenvalue weighted by Gasteiger charge is -2.42. The van der Waals surface area contributed by atoms with E-state index in [2.05, 4.69) is 4.99 Å². The second-order valence-corrected chi connectivity index (χ2v) is 11.5.